The van der Waals surface area contributed by atoms with Crippen LogP contribution in [0.1, 0.15) is 42.9 Å². The number of carbonyl (C=O) groups is 1. The van der Waals surface area contributed by atoms with E-state index in [4.69, 9.17) is 10.00 Å². The fraction of sp³-hybridized carbons (Fsp3) is 0.381. The Morgan fingerprint density at radius 1 is 1.20 bits per heavy atom. The summed E-state index contributed by atoms with van der Waals surface area (Å²) >= 11 is 0. The number of aromatic nitrogens is 2. The number of halogens is 2. The highest BCUT2D eigenvalue weighted by Gasteiger charge is 2.73. The van der Waals surface area contributed by atoms with Crippen molar-refractivity contribution >= 4 is 12.1 Å². The van der Waals surface area contributed by atoms with Gasteiger partial charge in [0.25, 0.3) is 0 Å². The van der Waals surface area contributed by atoms with Gasteiger partial charge in [-0.05, 0) is 37.0 Å². The van der Waals surface area contributed by atoms with E-state index >= 15 is 0 Å². The van der Waals surface area contributed by atoms with Crippen LogP contribution in [0.3, 0.4) is 0 Å². The maximum atomic E-state index is 13.6. The van der Waals surface area contributed by atoms with E-state index in [9.17, 15) is 13.6 Å². The third-order valence-electron chi connectivity index (χ3n) is 6.17. The molecule has 1 unspecified atom stereocenters. The number of benzene rings is 1. The van der Waals surface area contributed by atoms with Gasteiger partial charge in [0.1, 0.15) is 17.7 Å². The van der Waals surface area contributed by atoms with Crippen molar-refractivity contribution in [3.05, 3.63) is 53.4 Å². The van der Waals surface area contributed by atoms with Crippen molar-refractivity contribution in [3.8, 4) is 12.1 Å². The van der Waals surface area contributed by atoms with Crippen LogP contribution in [-0.4, -0.2) is 33.7 Å². The van der Waals surface area contributed by atoms with Crippen LogP contribution in [0.2, 0.25) is 0 Å². The molecule has 3 aliphatic carbocycles. The molecule has 0 N–H and O–H groups in total. The van der Waals surface area contributed by atoms with Crippen molar-refractivity contribution in [1.82, 2.24) is 15.0 Å². The van der Waals surface area contributed by atoms with Crippen molar-refractivity contribution in [2.75, 3.05) is 6.61 Å². The zero-order chi connectivity index (χ0) is 20.9. The monoisotopic (exact) mass is 409 g/mol. The molecule has 1 amide bonds. The second-order valence-electron chi connectivity index (χ2n) is 8.37. The molecule has 4 aliphatic rings. The van der Waals surface area contributed by atoms with E-state index in [0.29, 0.717) is 43.4 Å². The smallest absolute Gasteiger partial charge is 0.316 e. The molecule has 3 saturated carbocycles. The number of ether oxygens (including phenoxy) is 1. The topological polar surface area (TPSA) is 91.5 Å². The fourth-order valence-electron chi connectivity index (χ4n) is 4.94. The molecule has 0 saturated heterocycles. The number of hydrogen-bond donors (Lipinski definition) is 0. The largest absolute Gasteiger partial charge is 0.463 e. The van der Waals surface area contributed by atoms with Crippen LogP contribution in [-0.2, 0) is 4.79 Å². The highest BCUT2D eigenvalue weighted by molar-refractivity contribution is 5.88. The first-order valence-electron chi connectivity index (χ1n) is 9.59. The first-order valence-corrected chi connectivity index (χ1v) is 9.59. The maximum Gasteiger partial charge on any atom is 0.316 e. The van der Waals surface area contributed by atoms with Crippen LogP contribution >= 0.6 is 0 Å². The van der Waals surface area contributed by atoms with Gasteiger partial charge >= 0.3 is 6.01 Å². The Labute approximate surface area is 171 Å². The van der Waals surface area contributed by atoms with Gasteiger partial charge in [-0.25, -0.2) is 23.8 Å². The van der Waals surface area contributed by atoms with Crippen LogP contribution in [0.25, 0.3) is 0 Å². The third kappa shape index (κ3) is 2.91. The summed E-state index contributed by atoms with van der Waals surface area (Å²) in [5, 5.41) is 14.3. The molecular weight excluding hydrogens is 392 g/mol. The summed E-state index contributed by atoms with van der Waals surface area (Å²) in [5.41, 5.74) is 0.189. The number of amides is 1. The predicted molar refractivity (Wildman–Crippen MR) is 100 cm³/mol. The van der Waals surface area contributed by atoms with Crippen molar-refractivity contribution in [2.24, 2.45) is 15.9 Å². The molecule has 1 aromatic carbocycles. The lowest BCUT2D eigenvalue weighted by Gasteiger charge is -2.69. The fourth-order valence-corrected chi connectivity index (χ4v) is 4.94. The molecule has 0 spiro atoms. The lowest BCUT2D eigenvalue weighted by atomic mass is 9.35. The molecule has 0 radical (unpaired) electrons. The average Bonchev–Trinajstić information content (AvgIpc) is 3.15. The van der Waals surface area contributed by atoms with Gasteiger partial charge in [0.15, 0.2) is 0 Å². The van der Waals surface area contributed by atoms with E-state index in [-0.39, 0.29) is 17.3 Å². The molecule has 1 atom stereocenters. The minimum atomic E-state index is -0.670. The number of nitrogens with zero attached hydrogens (tertiary/aromatic N) is 5. The van der Waals surface area contributed by atoms with Crippen molar-refractivity contribution in [3.63, 3.8) is 0 Å². The minimum absolute atomic E-state index is 0.0865. The van der Waals surface area contributed by atoms with Crippen LogP contribution in [0.5, 0.6) is 6.01 Å². The molecule has 30 heavy (non-hydrogen) atoms. The second-order valence-corrected chi connectivity index (χ2v) is 8.37. The summed E-state index contributed by atoms with van der Waals surface area (Å²) in [5.74, 6) is -1.45. The van der Waals surface area contributed by atoms with E-state index in [0.717, 1.165) is 6.07 Å². The second kappa shape index (κ2) is 6.55. The van der Waals surface area contributed by atoms with E-state index in [1.54, 1.807) is 6.21 Å². The van der Waals surface area contributed by atoms with Gasteiger partial charge in [0.05, 0.1) is 36.0 Å². The first-order chi connectivity index (χ1) is 14.4. The molecule has 9 heteroatoms. The molecule has 6 rings (SSSR count). The lowest BCUT2D eigenvalue weighted by Crippen LogP contribution is -2.69. The number of rotatable bonds is 5. The molecular formula is C21H17F2N5O2. The molecule has 1 aromatic heterocycles. The lowest BCUT2D eigenvalue weighted by molar-refractivity contribution is -0.227. The van der Waals surface area contributed by atoms with E-state index in [1.807, 2.05) is 6.07 Å². The summed E-state index contributed by atoms with van der Waals surface area (Å²) in [7, 11) is 0. The normalized spacial score (nSPS) is 28.4. The van der Waals surface area contributed by atoms with Crippen LogP contribution < -0.4 is 4.74 Å². The first kappa shape index (κ1) is 18.6. The Hall–Kier alpha value is -3.41. The van der Waals surface area contributed by atoms with E-state index in [1.165, 1.54) is 29.5 Å². The minimum Gasteiger partial charge on any atom is -0.463 e. The summed E-state index contributed by atoms with van der Waals surface area (Å²) < 4.78 is 32.9. The Morgan fingerprint density at radius 3 is 2.50 bits per heavy atom. The zero-order valence-electron chi connectivity index (χ0n) is 15.9. The van der Waals surface area contributed by atoms with Gasteiger partial charge in [-0.3, -0.25) is 4.79 Å². The average molecular weight is 409 g/mol. The van der Waals surface area contributed by atoms with E-state index in [2.05, 4.69) is 15.1 Å². The van der Waals surface area contributed by atoms with Crippen molar-refractivity contribution < 1.29 is 18.3 Å². The summed E-state index contributed by atoms with van der Waals surface area (Å²) in [6.07, 6.45) is 6.85. The molecule has 7 nitrogen and oxygen atoms in total. The molecule has 2 aromatic rings. The van der Waals surface area contributed by atoms with Gasteiger partial charge in [-0.1, -0.05) is 0 Å². The van der Waals surface area contributed by atoms with Crippen LogP contribution in [0, 0.1) is 33.8 Å². The molecule has 1 aliphatic heterocycles. The van der Waals surface area contributed by atoms with Crippen LogP contribution in [0.15, 0.2) is 35.7 Å². The van der Waals surface area contributed by atoms with Gasteiger partial charge < -0.3 is 4.74 Å². The zero-order valence-corrected chi connectivity index (χ0v) is 15.9. The molecule has 2 heterocycles. The van der Waals surface area contributed by atoms with Crippen molar-refractivity contribution in [1.29, 1.82) is 5.26 Å². The number of hydrogen-bond acceptors (Lipinski definition) is 6. The number of hydrazone groups is 1. The number of carbonyl (C=O) groups excluding carboxylic acids is 1. The molecule has 2 bridgehead atoms. The Bertz CT molecular complexity index is 1060. The Kier molecular flexibility index (Phi) is 4.07. The summed E-state index contributed by atoms with van der Waals surface area (Å²) in [6, 6.07) is 4.97. The SMILES string of the molecule is N#Cc1cnc(OCC23CC(C(=O)N4N=CCC4c4cc(F)cc(F)c4)(C2)C3)nc1. The van der Waals surface area contributed by atoms with Crippen LogP contribution in [0.4, 0.5) is 8.78 Å². The number of nitriles is 1. The Morgan fingerprint density at radius 2 is 1.87 bits per heavy atom. The molecule has 152 valence electrons. The highest BCUT2D eigenvalue weighted by atomic mass is 19.1. The third-order valence-corrected chi connectivity index (χ3v) is 6.17. The summed E-state index contributed by atoms with van der Waals surface area (Å²) in [6.45, 7) is 0.399. The quantitative estimate of drug-likeness (QED) is 0.757. The molecule has 3 fully saturated rings. The van der Waals surface area contributed by atoms with E-state index < -0.39 is 23.1 Å². The predicted octanol–water partition coefficient (Wildman–Crippen LogP) is 3.13. The summed E-state index contributed by atoms with van der Waals surface area (Å²) in [4.78, 5) is 21.1. The van der Waals surface area contributed by atoms with Gasteiger partial charge in [0, 0.05) is 24.1 Å². The van der Waals surface area contributed by atoms with Crippen molar-refractivity contribution in [2.45, 2.75) is 31.7 Å². The maximum absolute atomic E-state index is 13.6. The highest BCUT2D eigenvalue weighted by Crippen LogP contribution is 2.74. The van der Waals surface area contributed by atoms with Gasteiger partial charge in [-0.15, -0.1) is 0 Å². The van der Waals surface area contributed by atoms with Gasteiger partial charge in [0.2, 0.25) is 5.91 Å². The van der Waals surface area contributed by atoms with Gasteiger partial charge in [-0.2, -0.15) is 10.4 Å². The Balaban J connectivity index is 1.22. The standard InChI is InChI=1S/C21H17F2N5O2/c22-15-3-14(4-16(23)5-15)17-1-2-27-28(17)18(29)21-9-20(10-21,11-21)12-30-19-25-7-13(6-24)8-26-19/h2-5,7-8,17H,1,9-12H2.